The monoisotopic (exact) mass is 406 g/mol. The highest BCUT2D eigenvalue weighted by atomic mass is 16.5. The molecule has 1 aliphatic heterocycles. The maximum Gasteiger partial charge on any atom is 0.227 e. The van der Waals surface area contributed by atoms with E-state index in [9.17, 15) is 9.59 Å². The first-order valence-electron chi connectivity index (χ1n) is 10.4. The number of rotatable bonds is 8. The molecule has 0 spiro atoms. The second-order valence-corrected chi connectivity index (χ2v) is 7.43. The minimum absolute atomic E-state index is 0.0263. The van der Waals surface area contributed by atoms with Gasteiger partial charge in [0.15, 0.2) is 0 Å². The van der Waals surface area contributed by atoms with E-state index in [-0.39, 0.29) is 24.2 Å². The van der Waals surface area contributed by atoms with Crippen molar-refractivity contribution in [3.05, 3.63) is 54.4 Å². The minimum Gasteiger partial charge on any atom is -0.494 e. The number of ether oxygens (including phenoxy) is 1. The van der Waals surface area contributed by atoms with E-state index in [2.05, 4.69) is 15.3 Å². The first kappa shape index (κ1) is 19.9. The van der Waals surface area contributed by atoms with Crippen molar-refractivity contribution < 1.29 is 14.3 Å². The van der Waals surface area contributed by atoms with Crippen LogP contribution >= 0.6 is 0 Å². The maximum absolute atomic E-state index is 12.5. The molecule has 156 valence electrons. The number of anilines is 1. The van der Waals surface area contributed by atoms with E-state index < -0.39 is 0 Å². The highest BCUT2D eigenvalue weighted by Gasteiger charge is 2.34. The quantitative estimate of drug-likeness (QED) is 0.563. The zero-order valence-electron chi connectivity index (χ0n) is 17.1. The van der Waals surface area contributed by atoms with Crippen LogP contribution in [0.25, 0.3) is 11.0 Å². The van der Waals surface area contributed by atoms with Crippen molar-refractivity contribution in [2.24, 2.45) is 5.92 Å². The molecule has 1 aromatic heterocycles. The van der Waals surface area contributed by atoms with Gasteiger partial charge in [0.1, 0.15) is 11.6 Å². The fraction of sp³-hybridized carbons (Fsp3) is 0.348. The Labute approximate surface area is 175 Å². The zero-order valence-corrected chi connectivity index (χ0v) is 17.1. The number of amides is 2. The van der Waals surface area contributed by atoms with Crippen molar-refractivity contribution in [1.82, 2.24) is 15.3 Å². The molecule has 7 heteroatoms. The van der Waals surface area contributed by atoms with Crippen molar-refractivity contribution in [2.45, 2.75) is 26.2 Å². The second kappa shape index (κ2) is 8.98. The molecule has 0 aliphatic carbocycles. The highest BCUT2D eigenvalue weighted by Crippen LogP contribution is 2.27. The number of nitrogens with one attached hydrogen (secondary N) is 2. The Balaban J connectivity index is 1.25. The number of hydrogen-bond acceptors (Lipinski definition) is 4. The van der Waals surface area contributed by atoms with Crippen LogP contribution in [0.1, 0.15) is 25.6 Å². The first-order valence-corrected chi connectivity index (χ1v) is 10.4. The zero-order chi connectivity index (χ0) is 20.9. The molecule has 0 radical (unpaired) electrons. The Morgan fingerprint density at radius 2 is 2.03 bits per heavy atom. The maximum atomic E-state index is 12.5. The van der Waals surface area contributed by atoms with Gasteiger partial charge in [0, 0.05) is 31.6 Å². The number of aryl methyl sites for hydroxylation is 1. The van der Waals surface area contributed by atoms with Gasteiger partial charge in [-0.15, -0.1) is 0 Å². The van der Waals surface area contributed by atoms with E-state index in [1.807, 2.05) is 55.5 Å². The second-order valence-electron chi connectivity index (χ2n) is 7.43. The predicted molar refractivity (Wildman–Crippen MR) is 115 cm³/mol. The minimum atomic E-state index is -0.324. The topological polar surface area (TPSA) is 87.3 Å². The Kier molecular flexibility index (Phi) is 5.97. The average molecular weight is 406 g/mol. The summed E-state index contributed by atoms with van der Waals surface area (Å²) in [5.74, 6) is 1.27. The molecule has 0 saturated carbocycles. The molecule has 0 bridgehead atoms. The number of benzene rings is 2. The summed E-state index contributed by atoms with van der Waals surface area (Å²) < 4.78 is 5.44. The molecule has 1 aliphatic rings. The predicted octanol–water partition coefficient (Wildman–Crippen LogP) is 3.06. The molecule has 0 unspecified atom stereocenters. The van der Waals surface area contributed by atoms with Crippen LogP contribution in [0.2, 0.25) is 0 Å². The summed E-state index contributed by atoms with van der Waals surface area (Å²) in [4.78, 5) is 34.4. The number of imidazole rings is 1. The number of para-hydroxylation sites is 2. The van der Waals surface area contributed by atoms with Gasteiger partial charge < -0.3 is 19.9 Å². The summed E-state index contributed by atoms with van der Waals surface area (Å²) in [6, 6.07) is 15.3. The lowest BCUT2D eigenvalue weighted by atomic mass is 10.1. The van der Waals surface area contributed by atoms with Gasteiger partial charge in [0.25, 0.3) is 0 Å². The lowest BCUT2D eigenvalue weighted by Crippen LogP contribution is -2.33. The molecule has 2 heterocycles. The van der Waals surface area contributed by atoms with E-state index in [1.165, 1.54) is 0 Å². The van der Waals surface area contributed by atoms with Crippen molar-refractivity contribution in [3.8, 4) is 5.75 Å². The molecule has 2 aromatic carbocycles. The number of carbonyl (C=O) groups excluding carboxylic acids is 2. The third kappa shape index (κ3) is 4.45. The van der Waals surface area contributed by atoms with Gasteiger partial charge in [-0.2, -0.15) is 0 Å². The summed E-state index contributed by atoms with van der Waals surface area (Å²) in [6.07, 6.45) is 1.79. The Bertz CT molecular complexity index is 995. The number of H-pyrrole nitrogens is 1. The summed E-state index contributed by atoms with van der Waals surface area (Å²) in [7, 11) is 0. The van der Waals surface area contributed by atoms with Crippen LogP contribution in [0.3, 0.4) is 0 Å². The fourth-order valence-electron chi connectivity index (χ4n) is 3.76. The molecule has 2 N–H and O–H groups in total. The van der Waals surface area contributed by atoms with Crippen molar-refractivity contribution in [2.75, 3.05) is 24.6 Å². The molecular weight excluding hydrogens is 380 g/mol. The van der Waals surface area contributed by atoms with Crippen LogP contribution in [-0.2, 0) is 16.0 Å². The summed E-state index contributed by atoms with van der Waals surface area (Å²) in [5, 5.41) is 2.97. The number of carbonyl (C=O) groups is 2. The molecule has 4 rings (SSSR count). The van der Waals surface area contributed by atoms with Gasteiger partial charge in [-0.1, -0.05) is 12.1 Å². The Morgan fingerprint density at radius 1 is 1.23 bits per heavy atom. The van der Waals surface area contributed by atoms with Gasteiger partial charge in [0.2, 0.25) is 11.8 Å². The highest BCUT2D eigenvalue weighted by molar-refractivity contribution is 6.00. The molecular formula is C23H26N4O3. The smallest absolute Gasteiger partial charge is 0.227 e. The van der Waals surface area contributed by atoms with E-state index in [0.717, 1.165) is 41.1 Å². The molecule has 2 amide bonds. The number of fused-ring (bicyclic) bond motifs is 1. The number of hydrogen-bond donors (Lipinski definition) is 2. The number of aromatic nitrogens is 2. The Hall–Kier alpha value is -3.35. The van der Waals surface area contributed by atoms with Crippen LogP contribution in [0.4, 0.5) is 5.69 Å². The van der Waals surface area contributed by atoms with Crippen LogP contribution in [0.5, 0.6) is 5.75 Å². The normalized spacial score (nSPS) is 16.2. The van der Waals surface area contributed by atoms with Gasteiger partial charge >= 0.3 is 0 Å². The standard InChI is InChI=1S/C23H26N4O3/c1-2-30-18-11-9-17(10-12-18)27-15-16(14-22(27)28)23(29)24-13-5-8-21-25-19-6-3-4-7-20(19)26-21/h3-4,6-7,9-12,16H,2,5,8,13-15H2,1H3,(H,24,29)(H,25,26)/t16-/m0/s1. The number of nitrogens with zero attached hydrogens (tertiary/aromatic N) is 2. The SMILES string of the molecule is CCOc1ccc(N2C[C@@H](C(=O)NCCCc3nc4ccccc4[nH]3)CC2=O)cc1. The molecule has 3 aromatic rings. The Morgan fingerprint density at radius 3 is 2.80 bits per heavy atom. The van der Waals surface area contributed by atoms with Crippen LogP contribution in [0, 0.1) is 5.92 Å². The van der Waals surface area contributed by atoms with Crippen LogP contribution in [-0.4, -0.2) is 41.5 Å². The third-order valence-corrected chi connectivity index (χ3v) is 5.28. The first-order chi connectivity index (χ1) is 14.6. The van der Waals surface area contributed by atoms with Gasteiger partial charge in [0.05, 0.1) is 23.6 Å². The van der Waals surface area contributed by atoms with Crippen LogP contribution in [0.15, 0.2) is 48.5 Å². The molecule has 30 heavy (non-hydrogen) atoms. The van der Waals surface area contributed by atoms with Crippen molar-refractivity contribution in [1.29, 1.82) is 0 Å². The molecule has 1 atom stereocenters. The summed E-state index contributed by atoms with van der Waals surface area (Å²) >= 11 is 0. The van der Waals surface area contributed by atoms with Crippen LogP contribution < -0.4 is 15.0 Å². The van der Waals surface area contributed by atoms with Gasteiger partial charge in [-0.3, -0.25) is 9.59 Å². The lowest BCUT2D eigenvalue weighted by Gasteiger charge is -2.17. The number of aromatic amines is 1. The largest absolute Gasteiger partial charge is 0.494 e. The van der Waals surface area contributed by atoms with Crippen molar-refractivity contribution in [3.63, 3.8) is 0 Å². The third-order valence-electron chi connectivity index (χ3n) is 5.28. The lowest BCUT2D eigenvalue weighted by molar-refractivity contribution is -0.126. The average Bonchev–Trinajstić information content (AvgIpc) is 3.35. The van der Waals surface area contributed by atoms with Gasteiger partial charge in [-0.25, -0.2) is 4.98 Å². The molecule has 7 nitrogen and oxygen atoms in total. The summed E-state index contributed by atoms with van der Waals surface area (Å²) in [5.41, 5.74) is 2.77. The fourth-order valence-corrected chi connectivity index (χ4v) is 3.76. The van der Waals surface area contributed by atoms with E-state index in [1.54, 1.807) is 4.90 Å². The van der Waals surface area contributed by atoms with E-state index in [4.69, 9.17) is 4.74 Å². The van der Waals surface area contributed by atoms with E-state index in [0.29, 0.717) is 19.7 Å². The van der Waals surface area contributed by atoms with Gasteiger partial charge in [-0.05, 0) is 49.7 Å². The van der Waals surface area contributed by atoms with E-state index >= 15 is 0 Å². The molecule has 1 saturated heterocycles. The summed E-state index contributed by atoms with van der Waals surface area (Å²) in [6.45, 7) is 3.49. The van der Waals surface area contributed by atoms with Crippen molar-refractivity contribution >= 4 is 28.5 Å². The molecule has 1 fully saturated rings.